The number of pyridine rings is 1. The van der Waals surface area contributed by atoms with Gasteiger partial charge in [-0.2, -0.15) is 0 Å². The van der Waals surface area contributed by atoms with Gasteiger partial charge in [-0.15, -0.1) is 0 Å². The minimum atomic E-state index is -0.464. The summed E-state index contributed by atoms with van der Waals surface area (Å²) < 4.78 is 4.86. The van der Waals surface area contributed by atoms with Crippen molar-refractivity contribution < 1.29 is 9.84 Å². The van der Waals surface area contributed by atoms with Crippen LogP contribution in [0, 0.1) is 0 Å². The first-order valence-corrected chi connectivity index (χ1v) is 3.42. The van der Waals surface area contributed by atoms with Crippen LogP contribution in [0.1, 0.15) is 18.6 Å². The summed E-state index contributed by atoms with van der Waals surface area (Å²) in [6.45, 7) is 1.70. The van der Waals surface area contributed by atoms with Gasteiger partial charge in [0.1, 0.15) is 0 Å². The van der Waals surface area contributed by atoms with Gasteiger partial charge in [-0.3, -0.25) is 0 Å². The van der Waals surface area contributed by atoms with Crippen molar-refractivity contribution in [1.82, 2.24) is 4.98 Å². The quantitative estimate of drug-likeness (QED) is 0.692. The third-order valence-corrected chi connectivity index (χ3v) is 1.45. The molecule has 1 atom stereocenters. The largest absolute Gasteiger partial charge is 0.481 e. The average molecular weight is 153 g/mol. The van der Waals surface area contributed by atoms with Crippen LogP contribution in [0.3, 0.4) is 0 Å². The Hall–Kier alpha value is -1.09. The summed E-state index contributed by atoms with van der Waals surface area (Å²) >= 11 is 0. The van der Waals surface area contributed by atoms with Crippen LogP contribution in [-0.4, -0.2) is 17.2 Å². The van der Waals surface area contributed by atoms with Gasteiger partial charge in [-0.1, -0.05) is 0 Å². The Morgan fingerprint density at radius 3 is 2.64 bits per heavy atom. The van der Waals surface area contributed by atoms with E-state index >= 15 is 0 Å². The molecule has 3 nitrogen and oxygen atoms in total. The predicted molar refractivity (Wildman–Crippen MR) is 41.4 cm³/mol. The summed E-state index contributed by atoms with van der Waals surface area (Å²) in [7, 11) is 1.56. The molecule has 1 rings (SSSR count). The molecule has 0 bridgehead atoms. The number of aromatic nitrogens is 1. The van der Waals surface area contributed by atoms with Crippen LogP contribution in [0.15, 0.2) is 18.3 Å². The Labute approximate surface area is 65.7 Å². The predicted octanol–water partition coefficient (Wildman–Crippen LogP) is 1.14. The molecule has 1 aromatic heterocycles. The number of aliphatic hydroxyl groups is 1. The van der Waals surface area contributed by atoms with Crippen molar-refractivity contribution in [3.05, 3.63) is 23.9 Å². The standard InChI is InChI=1S/C8H11NO2/c1-6(10)7-3-4-8(11-2)9-5-7/h3-6,10H,1-2H3/t6-/m1/s1. The minimum absolute atomic E-state index is 0.464. The molecule has 0 saturated carbocycles. The first-order chi connectivity index (χ1) is 5.24. The van der Waals surface area contributed by atoms with E-state index in [1.807, 2.05) is 0 Å². The molecule has 0 aliphatic rings. The van der Waals surface area contributed by atoms with E-state index in [-0.39, 0.29) is 0 Å². The Balaban J connectivity index is 2.83. The van der Waals surface area contributed by atoms with Gasteiger partial charge in [0, 0.05) is 12.3 Å². The molecule has 0 fully saturated rings. The molecule has 0 spiro atoms. The Bertz CT molecular complexity index is 218. The van der Waals surface area contributed by atoms with E-state index in [4.69, 9.17) is 9.84 Å². The number of ether oxygens (including phenoxy) is 1. The molecule has 0 unspecified atom stereocenters. The second kappa shape index (κ2) is 3.34. The number of hydrogen-bond donors (Lipinski definition) is 1. The van der Waals surface area contributed by atoms with Gasteiger partial charge in [0.2, 0.25) is 5.88 Å². The lowest BCUT2D eigenvalue weighted by molar-refractivity contribution is 0.198. The van der Waals surface area contributed by atoms with Gasteiger partial charge in [-0.05, 0) is 18.6 Å². The van der Waals surface area contributed by atoms with Crippen molar-refractivity contribution >= 4 is 0 Å². The normalized spacial score (nSPS) is 12.6. The van der Waals surface area contributed by atoms with Gasteiger partial charge >= 0.3 is 0 Å². The zero-order valence-corrected chi connectivity index (χ0v) is 6.61. The molecule has 0 aliphatic carbocycles. The van der Waals surface area contributed by atoms with Gasteiger partial charge in [0.25, 0.3) is 0 Å². The van der Waals surface area contributed by atoms with E-state index < -0.39 is 6.10 Å². The molecule has 1 N–H and O–H groups in total. The summed E-state index contributed by atoms with van der Waals surface area (Å²) in [5.41, 5.74) is 0.797. The van der Waals surface area contributed by atoms with Crippen LogP contribution >= 0.6 is 0 Å². The maximum Gasteiger partial charge on any atom is 0.212 e. The SMILES string of the molecule is COc1ccc([C@@H](C)O)cn1. The highest BCUT2D eigenvalue weighted by Gasteiger charge is 1.99. The molecule has 1 heterocycles. The van der Waals surface area contributed by atoms with Crippen molar-refractivity contribution in [2.45, 2.75) is 13.0 Å². The van der Waals surface area contributed by atoms with Crippen molar-refractivity contribution in [2.24, 2.45) is 0 Å². The molecule has 0 radical (unpaired) electrons. The number of methoxy groups -OCH3 is 1. The molecule has 0 amide bonds. The monoisotopic (exact) mass is 153 g/mol. The van der Waals surface area contributed by atoms with Crippen molar-refractivity contribution in [1.29, 1.82) is 0 Å². The molecule has 3 heteroatoms. The maximum atomic E-state index is 9.11. The Kier molecular flexibility index (Phi) is 2.44. The number of aliphatic hydroxyl groups excluding tert-OH is 1. The van der Waals surface area contributed by atoms with Crippen molar-refractivity contribution in [3.8, 4) is 5.88 Å². The second-order valence-corrected chi connectivity index (χ2v) is 2.31. The number of hydrogen-bond acceptors (Lipinski definition) is 3. The Morgan fingerprint density at radius 1 is 1.55 bits per heavy atom. The highest BCUT2D eigenvalue weighted by molar-refractivity contribution is 5.18. The first-order valence-electron chi connectivity index (χ1n) is 3.42. The summed E-state index contributed by atoms with van der Waals surface area (Å²) in [6.07, 6.45) is 1.14. The molecule has 11 heavy (non-hydrogen) atoms. The third-order valence-electron chi connectivity index (χ3n) is 1.45. The fourth-order valence-electron chi connectivity index (χ4n) is 0.760. The zero-order chi connectivity index (χ0) is 8.27. The van der Waals surface area contributed by atoms with E-state index in [1.165, 1.54) is 0 Å². The summed E-state index contributed by atoms with van der Waals surface area (Å²) in [5, 5.41) is 9.11. The van der Waals surface area contributed by atoms with Crippen LogP contribution in [0.4, 0.5) is 0 Å². The van der Waals surface area contributed by atoms with Crippen LogP contribution < -0.4 is 4.74 Å². The molecular weight excluding hydrogens is 142 g/mol. The van der Waals surface area contributed by atoms with E-state index in [9.17, 15) is 0 Å². The number of nitrogens with zero attached hydrogens (tertiary/aromatic N) is 1. The Morgan fingerprint density at radius 2 is 2.27 bits per heavy atom. The molecule has 1 aromatic rings. The third kappa shape index (κ3) is 1.91. The topological polar surface area (TPSA) is 42.4 Å². The van der Waals surface area contributed by atoms with Gasteiger partial charge < -0.3 is 9.84 Å². The lowest BCUT2D eigenvalue weighted by Gasteiger charge is -2.03. The average Bonchev–Trinajstić information content (AvgIpc) is 2.05. The van der Waals surface area contributed by atoms with Crippen LogP contribution in [-0.2, 0) is 0 Å². The van der Waals surface area contributed by atoms with E-state index in [0.29, 0.717) is 5.88 Å². The lowest BCUT2D eigenvalue weighted by atomic mass is 10.2. The number of rotatable bonds is 2. The van der Waals surface area contributed by atoms with Crippen LogP contribution in [0.5, 0.6) is 5.88 Å². The van der Waals surface area contributed by atoms with E-state index in [2.05, 4.69) is 4.98 Å². The smallest absolute Gasteiger partial charge is 0.212 e. The second-order valence-electron chi connectivity index (χ2n) is 2.31. The lowest BCUT2D eigenvalue weighted by Crippen LogP contribution is -1.93. The summed E-state index contributed by atoms with van der Waals surface area (Å²) in [6, 6.07) is 3.51. The molecule has 0 saturated heterocycles. The van der Waals surface area contributed by atoms with E-state index in [1.54, 1.807) is 32.4 Å². The minimum Gasteiger partial charge on any atom is -0.481 e. The fourth-order valence-corrected chi connectivity index (χ4v) is 0.760. The maximum absolute atomic E-state index is 9.11. The van der Waals surface area contributed by atoms with E-state index in [0.717, 1.165) is 5.56 Å². The van der Waals surface area contributed by atoms with Crippen LogP contribution in [0.25, 0.3) is 0 Å². The fraction of sp³-hybridized carbons (Fsp3) is 0.375. The molecular formula is C8H11NO2. The molecule has 0 aliphatic heterocycles. The molecule has 0 aromatic carbocycles. The summed E-state index contributed by atoms with van der Waals surface area (Å²) in [5.74, 6) is 0.564. The van der Waals surface area contributed by atoms with Crippen LogP contribution in [0.2, 0.25) is 0 Å². The summed E-state index contributed by atoms with van der Waals surface area (Å²) in [4.78, 5) is 3.94. The highest BCUT2D eigenvalue weighted by Crippen LogP contribution is 2.12. The van der Waals surface area contributed by atoms with Gasteiger partial charge in [-0.25, -0.2) is 4.98 Å². The first kappa shape index (κ1) is 8.01. The zero-order valence-electron chi connectivity index (χ0n) is 6.61. The van der Waals surface area contributed by atoms with Gasteiger partial charge in [0.05, 0.1) is 13.2 Å². The van der Waals surface area contributed by atoms with Gasteiger partial charge in [0.15, 0.2) is 0 Å². The van der Waals surface area contributed by atoms with Crippen molar-refractivity contribution in [2.75, 3.05) is 7.11 Å². The molecule has 60 valence electrons. The van der Waals surface area contributed by atoms with Crippen molar-refractivity contribution in [3.63, 3.8) is 0 Å². The highest BCUT2D eigenvalue weighted by atomic mass is 16.5.